The van der Waals surface area contributed by atoms with Gasteiger partial charge in [-0.05, 0) is 23.7 Å². The van der Waals surface area contributed by atoms with Gasteiger partial charge in [-0.3, -0.25) is 0 Å². The van der Waals surface area contributed by atoms with Gasteiger partial charge in [0, 0.05) is 5.39 Å². The van der Waals surface area contributed by atoms with Crippen molar-refractivity contribution in [2.75, 3.05) is 0 Å². The number of fused-ring (bicyclic) bond motifs is 1. The Balaban J connectivity index is 2.07. The number of para-hydroxylation sites is 1. The Morgan fingerprint density at radius 3 is 2.80 bits per heavy atom. The van der Waals surface area contributed by atoms with Crippen molar-refractivity contribution in [2.24, 2.45) is 0 Å². The fraction of sp³-hybridized carbons (Fsp3) is 0.0833. The van der Waals surface area contributed by atoms with Gasteiger partial charge in [0.2, 0.25) is 14.2 Å². The Morgan fingerprint density at radius 1 is 1.25 bits per heavy atom. The van der Waals surface area contributed by atoms with Crippen LogP contribution < -0.4 is 5.63 Å². The Labute approximate surface area is 117 Å². The van der Waals surface area contributed by atoms with Gasteiger partial charge >= 0.3 is 5.63 Å². The van der Waals surface area contributed by atoms with Crippen LogP contribution in [-0.4, -0.2) is 17.8 Å². The number of rotatable bonds is 3. The minimum Gasteiger partial charge on any atom is -0.423 e. The molecule has 0 unspecified atom stereocenters. The lowest BCUT2D eigenvalue weighted by Gasteiger charge is -2.01. The molecule has 0 saturated heterocycles. The van der Waals surface area contributed by atoms with Crippen LogP contribution in [0.25, 0.3) is 11.0 Å². The smallest absolute Gasteiger partial charge is 0.340 e. The molecule has 0 fully saturated rings. The topological polar surface area (TPSA) is 90.1 Å². The molecular weight excluding hydrogens is 300 g/mol. The average molecular weight is 308 g/mol. The molecule has 20 heavy (non-hydrogen) atoms. The molecule has 0 N–H and O–H groups in total. The summed E-state index contributed by atoms with van der Waals surface area (Å²) in [7, 11) is -3.68. The Morgan fingerprint density at radius 2 is 2.05 bits per heavy atom. The fourth-order valence-electron chi connectivity index (χ4n) is 1.77. The minimum absolute atomic E-state index is 0.0823. The zero-order valence-corrected chi connectivity index (χ0v) is 11.6. The van der Waals surface area contributed by atoms with Crippen LogP contribution in [0.1, 0.15) is 5.56 Å². The molecule has 0 spiro atoms. The van der Waals surface area contributed by atoms with Crippen LogP contribution in [0.4, 0.5) is 0 Å². The SMILES string of the molecule is O=c1oc2ccccc2cc1CS(=O)(=O)c1ncns1. The van der Waals surface area contributed by atoms with Crippen LogP contribution >= 0.6 is 11.5 Å². The first-order valence-corrected chi connectivity index (χ1v) is 8.00. The van der Waals surface area contributed by atoms with Crippen molar-refractivity contribution in [3.05, 3.63) is 52.6 Å². The molecule has 0 atom stereocenters. The minimum atomic E-state index is -3.68. The Hall–Kier alpha value is -2.06. The van der Waals surface area contributed by atoms with Gasteiger partial charge in [-0.25, -0.2) is 18.2 Å². The fourth-order valence-corrected chi connectivity index (χ4v) is 3.75. The lowest BCUT2D eigenvalue weighted by Crippen LogP contribution is -2.13. The molecule has 0 saturated carbocycles. The molecule has 1 aromatic carbocycles. The second-order valence-corrected chi connectivity index (χ2v) is 7.01. The number of hydrogen-bond acceptors (Lipinski definition) is 7. The summed E-state index contributed by atoms with van der Waals surface area (Å²) in [5.41, 5.74) is -0.148. The molecule has 0 amide bonds. The molecule has 8 heteroatoms. The van der Waals surface area contributed by atoms with Crippen LogP contribution in [0.2, 0.25) is 0 Å². The monoisotopic (exact) mass is 308 g/mol. The number of nitrogens with zero attached hydrogens (tertiary/aromatic N) is 2. The summed E-state index contributed by atoms with van der Waals surface area (Å²) in [5.74, 6) is -0.449. The van der Waals surface area contributed by atoms with Crippen LogP contribution in [0, 0.1) is 0 Å². The molecule has 2 heterocycles. The zero-order chi connectivity index (χ0) is 14.2. The summed E-state index contributed by atoms with van der Waals surface area (Å²) in [5, 5.41) is 0.676. The maximum Gasteiger partial charge on any atom is 0.340 e. The first-order chi connectivity index (χ1) is 9.56. The van der Waals surface area contributed by atoms with E-state index in [9.17, 15) is 13.2 Å². The van der Waals surface area contributed by atoms with Crippen molar-refractivity contribution in [1.82, 2.24) is 9.36 Å². The first kappa shape index (κ1) is 12.9. The second kappa shape index (κ2) is 4.80. The van der Waals surface area contributed by atoms with E-state index in [-0.39, 0.29) is 9.90 Å². The van der Waals surface area contributed by atoms with E-state index in [2.05, 4.69) is 9.36 Å². The highest BCUT2D eigenvalue weighted by atomic mass is 32.2. The van der Waals surface area contributed by atoms with E-state index < -0.39 is 21.2 Å². The van der Waals surface area contributed by atoms with Crippen LogP contribution in [0.3, 0.4) is 0 Å². The van der Waals surface area contributed by atoms with Crippen LogP contribution in [0.15, 0.2) is 50.2 Å². The first-order valence-electron chi connectivity index (χ1n) is 5.57. The Kier molecular flexibility index (Phi) is 3.11. The summed E-state index contributed by atoms with van der Waals surface area (Å²) in [6.07, 6.45) is 1.17. The van der Waals surface area contributed by atoms with Gasteiger partial charge in [-0.2, -0.15) is 4.37 Å². The molecule has 0 aliphatic heterocycles. The van der Waals surface area contributed by atoms with Crippen LogP contribution in [0.5, 0.6) is 0 Å². The standard InChI is InChI=1S/C12H8N2O4S2/c15-11-9(5-8-3-1-2-4-10(8)18-11)6-20(16,17)12-13-7-14-19-12/h1-5,7H,6H2. The van der Waals surface area contributed by atoms with E-state index in [0.717, 1.165) is 11.5 Å². The number of aromatic nitrogens is 2. The van der Waals surface area contributed by atoms with Crippen molar-refractivity contribution in [3.63, 3.8) is 0 Å². The highest BCUT2D eigenvalue weighted by Crippen LogP contribution is 2.18. The van der Waals surface area contributed by atoms with Crippen LogP contribution in [-0.2, 0) is 15.6 Å². The van der Waals surface area contributed by atoms with E-state index >= 15 is 0 Å². The van der Waals surface area contributed by atoms with E-state index in [4.69, 9.17) is 4.42 Å². The van der Waals surface area contributed by atoms with Gasteiger partial charge in [0.05, 0.1) is 11.3 Å². The molecule has 0 radical (unpaired) electrons. The molecule has 102 valence electrons. The highest BCUT2D eigenvalue weighted by Gasteiger charge is 2.21. The summed E-state index contributed by atoms with van der Waals surface area (Å²) >= 11 is 0.777. The average Bonchev–Trinajstić information content (AvgIpc) is 2.94. The third-order valence-electron chi connectivity index (χ3n) is 2.67. The molecule has 3 aromatic rings. The maximum absolute atomic E-state index is 12.1. The van der Waals surface area contributed by atoms with Gasteiger partial charge in [-0.15, -0.1) is 0 Å². The van der Waals surface area contributed by atoms with E-state index in [0.29, 0.717) is 11.0 Å². The van der Waals surface area contributed by atoms with E-state index in [1.165, 1.54) is 12.4 Å². The molecule has 0 aliphatic rings. The molecule has 3 rings (SSSR count). The normalized spacial score (nSPS) is 11.8. The predicted molar refractivity (Wildman–Crippen MR) is 73.3 cm³/mol. The molecule has 0 aliphatic carbocycles. The molecule has 6 nitrogen and oxygen atoms in total. The van der Waals surface area contributed by atoms with Crippen molar-refractivity contribution in [3.8, 4) is 0 Å². The number of sulfone groups is 1. The summed E-state index contributed by atoms with van der Waals surface area (Å²) in [6.45, 7) is 0. The summed E-state index contributed by atoms with van der Waals surface area (Å²) in [4.78, 5) is 15.5. The zero-order valence-electron chi connectivity index (χ0n) is 10.0. The summed E-state index contributed by atoms with van der Waals surface area (Å²) in [6, 6.07) is 8.45. The third kappa shape index (κ3) is 2.35. The number of hydrogen-bond donors (Lipinski definition) is 0. The second-order valence-electron chi connectivity index (χ2n) is 4.06. The van der Waals surface area contributed by atoms with Gasteiger partial charge in [0.25, 0.3) is 0 Å². The largest absolute Gasteiger partial charge is 0.423 e. The number of benzene rings is 1. The lowest BCUT2D eigenvalue weighted by molar-refractivity contribution is 0.550. The van der Waals surface area contributed by atoms with Crippen molar-refractivity contribution in [2.45, 2.75) is 10.1 Å². The summed E-state index contributed by atoms with van der Waals surface area (Å²) < 4.78 is 32.8. The molecular formula is C12H8N2O4S2. The molecule has 0 bridgehead atoms. The predicted octanol–water partition coefficient (Wildman–Crippen LogP) is 1.62. The van der Waals surface area contributed by atoms with Gasteiger partial charge in [-0.1, -0.05) is 18.2 Å². The maximum atomic E-state index is 12.1. The van der Waals surface area contributed by atoms with Gasteiger partial charge in [0.1, 0.15) is 11.9 Å². The Bertz CT molecular complexity index is 914. The van der Waals surface area contributed by atoms with E-state index in [1.807, 2.05) is 0 Å². The third-order valence-corrected chi connectivity index (χ3v) is 5.44. The van der Waals surface area contributed by atoms with Gasteiger partial charge in [0.15, 0.2) is 0 Å². The van der Waals surface area contributed by atoms with Crippen molar-refractivity contribution < 1.29 is 12.8 Å². The quantitative estimate of drug-likeness (QED) is 0.683. The van der Waals surface area contributed by atoms with E-state index in [1.54, 1.807) is 24.3 Å². The van der Waals surface area contributed by atoms with Crippen molar-refractivity contribution in [1.29, 1.82) is 0 Å². The highest BCUT2D eigenvalue weighted by molar-refractivity contribution is 7.92. The van der Waals surface area contributed by atoms with Crippen molar-refractivity contribution >= 4 is 32.3 Å². The van der Waals surface area contributed by atoms with Gasteiger partial charge < -0.3 is 4.42 Å². The lowest BCUT2D eigenvalue weighted by atomic mass is 10.2. The molecule has 2 aromatic heterocycles.